The number of benzene rings is 1. The molecule has 1 aromatic carbocycles. The highest BCUT2D eigenvalue weighted by Gasteiger charge is 2.29. The van der Waals surface area contributed by atoms with Crippen molar-refractivity contribution in [1.29, 1.82) is 0 Å². The summed E-state index contributed by atoms with van der Waals surface area (Å²) >= 11 is 0. The van der Waals surface area contributed by atoms with Crippen molar-refractivity contribution >= 4 is 16.0 Å². The van der Waals surface area contributed by atoms with Gasteiger partial charge in [-0.2, -0.15) is 0 Å². The van der Waals surface area contributed by atoms with E-state index in [0.29, 0.717) is 11.3 Å². The topological polar surface area (TPSA) is 92.7 Å². The number of sulfonamides is 1. The number of carboxylic acid groups (broad SMARTS) is 1. The van der Waals surface area contributed by atoms with Crippen LogP contribution in [0.5, 0.6) is 5.75 Å². The Morgan fingerprint density at radius 3 is 2.45 bits per heavy atom. The fourth-order valence-corrected chi connectivity index (χ4v) is 2.83. The van der Waals surface area contributed by atoms with Crippen LogP contribution in [-0.4, -0.2) is 31.9 Å². The molecule has 0 fully saturated rings. The number of rotatable bonds is 6. The largest absolute Gasteiger partial charge is 0.496 e. The van der Waals surface area contributed by atoms with E-state index >= 15 is 0 Å². The van der Waals surface area contributed by atoms with Crippen LogP contribution in [0.4, 0.5) is 0 Å². The minimum atomic E-state index is -3.95. The lowest BCUT2D eigenvalue weighted by Crippen LogP contribution is -2.38. The average Bonchev–Trinajstić information content (AvgIpc) is 2.37. The maximum absolute atomic E-state index is 11.9. The van der Waals surface area contributed by atoms with E-state index < -0.39 is 27.3 Å². The van der Waals surface area contributed by atoms with Crippen molar-refractivity contribution in [2.45, 2.75) is 32.1 Å². The second-order valence-corrected chi connectivity index (χ2v) is 6.64. The maximum Gasteiger partial charge on any atom is 0.323 e. The first-order valence-corrected chi connectivity index (χ1v) is 7.62. The Kier molecular flexibility index (Phi) is 5.13. The summed E-state index contributed by atoms with van der Waals surface area (Å²) in [6, 6.07) is 4.81. The summed E-state index contributed by atoms with van der Waals surface area (Å²) in [5.41, 5.74) is 1.62. The highest BCUT2D eigenvalue weighted by atomic mass is 32.2. The number of carbonyl (C=O) groups is 1. The molecule has 0 saturated carbocycles. The molecule has 0 aromatic heterocycles. The van der Waals surface area contributed by atoms with E-state index in [1.165, 1.54) is 7.11 Å². The predicted molar refractivity (Wildman–Crippen MR) is 75.3 cm³/mol. The van der Waals surface area contributed by atoms with Crippen LogP contribution >= 0.6 is 0 Å². The van der Waals surface area contributed by atoms with Crippen molar-refractivity contribution in [2.24, 2.45) is 0 Å². The van der Waals surface area contributed by atoms with Gasteiger partial charge in [0.25, 0.3) is 0 Å². The third-order valence-electron chi connectivity index (χ3n) is 3.01. The molecule has 1 rings (SSSR count). The second kappa shape index (κ2) is 6.23. The van der Waals surface area contributed by atoms with Crippen molar-refractivity contribution in [1.82, 2.24) is 4.72 Å². The van der Waals surface area contributed by atoms with Crippen molar-refractivity contribution in [3.05, 3.63) is 29.3 Å². The quantitative estimate of drug-likeness (QED) is 0.829. The van der Waals surface area contributed by atoms with Crippen molar-refractivity contribution in [2.75, 3.05) is 7.11 Å². The molecule has 0 saturated heterocycles. The maximum atomic E-state index is 11.9. The Balaban J connectivity index is 3.05. The van der Waals surface area contributed by atoms with E-state index in [2.05, 4.69) is 4.72 Å². The zero-order valence-corrected chi connectivity index (χ0v) is 12.7. The van der Waals surface area contributed by atoms with Crippen molar-refractivity contribution < 1.29 is 23.1 Å². The van der Waals surface area contributed by atoms with Gasteiger partial charge in [-0.15, -0.1) is 0 Å². The van der Waals surface area contributed by atoms with Gasteiger partial charge in [0, 0.05) is 11.6 Å². The van der Waals surface area contributed by atoms with Crippen LogP contribution in [0.15, 0.2) is 18.2 Å². The molecule has 6 nitrogen and oxygen atoms in total. The van der Waals surface area contributed by atoms with E-state index in [4.69, 9.17) is 9.84 Å². The molecule has 2 atom stereocenters. The number of hydrogen-bond acceptors (Lipinski definition) is 4. The first-order valence-electron chi connectivity index (χ1n) is 6.07. The molecule has 0 aliphatic heterocycles. The molecule has 20 heavy (non-hydrogen) atoms. The van der Waals surface area contributed by atoms with Crippen LogP contribution in [0.25, 0.3) is 0 Å². The van der Waals surface area contributed by atoms with Gasteiger partial charge in [0.15, 0.2) is 5.25 Å². The van der Waals surface area contributed by atoms with Crippen molar-refractivity contribution in [3.8, 4) is 5.75 Å². The van der Waals surface area contributed by atoms with Gasteiger partial charge in [-0.1, -0.05) is 17.7 Å². The SMILES string of the molecule is COc1ccc(C)cc1C(C)NS(=O)(=O)C(C)C(=O)O. The van der Waals surface area contributed by atoms with Gasteiger partial charge in [-0.3, -0.25) is 4.79 Å². The number of methoxy groups -OCH3 is 1. The summed E-state index contributed by atoms with van der Waals surface area (Å²) in [6.07, 6.45) is 0. The number of ether oxygens (including phenoxy) is 1. The monoisotopic (exact) mass is 301 g/mol. The van der Waals surface area contributed by atoms with Crippen LogP contribution in [-0.2, 0) is 14.8 Å². The summed E-state index contributed by atoms with van der Waals surface area (Å²) in [5, 5.41) is 7.29. The second-order valence-electron chi connectivity index (χ2n) is 4.61. The molecule has 0 aliphatic carbocycles. The number of hydrogen-bond donors (Lipinski definition) is 2. The Morgan fingerprint density at radius 2 is 1.95 bits per heavy atom. The van der Waals surface area contributed by atoms with E-state index in [9.17, 15) is 13.2 Å². The molecule has 2 unspecified atom stereocenters. The number of aliphatic carboxylic acids is 1. The highest BCUT2D eigenvalue weighted by Crippen LogP contribution is 2.26. The van der Waals surface area contributed by atoms with Crippen LogP contribution < -0.4 is 9.46 Å². The lowest BCUT2D eigenvalue weighted by Gasteiger charge is -2.19. The fourth-order valence-electron chi connectivity index (χ4n) is 1.74. The average molecular weight is 301 g/mol. The van der Waals surface area contributed by atoms with Crippen LogP contribution in [0.2, 0.25) is 0 Å². The molecule has 2 N–H and O–H groups in total. The Morgan fingerprint density at radius 1 is 1.35 bits per heavy atom. The van der Waals surface area contributed by atoms with Crippen LogP contribution in [0.1, 0.15) is 31.0 Å². The molecule has 0 radical (unpaired) electrons. The summed E-state index contributed by atoms with van der Waals surface area (Å²) in [6.45, 7) is 4.65. The molecule has 0 spiro atoms. The van der Waals surface area contributed by atoms with E-state index in [1.807, 2.05) is 13.0 Å². The van der Waals surface area contributed by atoms with E-state index in [0.717, 1.165) is 12.5 Å². The minimum absolute atomic E-state index is 0.550. The number of carboxylic acids is 1. The van der Waals surface area contributed by atoms with Crippen molar-refractivity contribution in [3.63, 3.8) is 0 Å². The van der Waals surface area contributed by atoms with Gasteiger partial charge in [0.1, 0.15) is 5.75 Å². The van der Waals surface area contributed by atoms with Gasteiger partial charge >= 0.3 is 5.97 Å². The summed E-state index contributed by atoms with van der Waals surface area (Å²) in [4.78, 5) is 10.8. The van der Waals surface area contributed by atoms with E-state index in [-0.39, 0.29) is 0 Å². The van der Waals surface area contributed by atoms with Crippen LogP contribution in [0, 0.1) is 6.92 Å². The zero-order valence-electron chi connectivity index (χ0n) is 11.9. The normalized spacial score (nSPS) is 14.6. The fraction of sp³-hybridized carbons (Fsp3) is 0.462. The van der Waals surface area contributed by atoms with Crippen LogP contribution in [0.3, 0.4) is 0 Å². The number of aryl methyl sites for hydroxylation is 1. The predicted octanol–water partition coefficient (Wildman–Crippen LogP) is 1.46. The first kappa shape index (κ1) is 16.5. The lowest BCUT2D eigenvalue weighted by molar-refractivity contribution is -0.136. The number of nitrogens with one attached hydrogen (secondary N) is 1. The summed E-state index contributed by atoms with van der Waals surface area (Å²) in [5.74, 6) is -0.838. The molecular formula is C13H19NO5S. The minimum Gasteiger partial charge on any atom is -0.496 e. The lowest BCUT2D eigenvalue weighted by atomic mass is 10.1. The molecule has 0 aliphatic rings. The summed E-state index contributed by atoms with van der Waals surface area (Å²) in [7, 11) is -2.45. The molecule has 0 amide bonds. The Labute approximate surface area is 118 Å². The molecule has 0 heterocycles. The smallest absolute Gasteiger partial charge is 0.323 e. The first-order chi connectivity index (χ1) is 9.19. The van der Waals surface area contributed by atoms with Gasteiger partial charge in [-0.25, -0.2) is 13.1 Å². The van der Waals surface area contributed by atoms with E-state index in [1.54, 1.807) is 19.1 Å². The molecular weight excluding hydrogens is 282 g/mol. The van der Waals surface area contributed by atoms with Gasteiger partial charge < -0.3 is 9.84 Å². The summed E-state index contributed by atoms with van der Waals surface area (Å²) < 4.78 is 31.4. The van der Waals surface area contributed by atoms with Gasteiger partial charge in [0.05, 0.1) is 7.11 Å². The Hall–Kier alpha value is -1.60. The standard InChI is InChI=1S/C13H19NO5S/c1-8-5-6-12(19-4)11(7-8)9(2)14-20(17,18)10(3)13(15)16/h5-7,9-10,14H,1-4H3,(H,15,16). The highest BCUT2D eigenvalue weighted by molar-refractivity contribution is 7.90. The van der Waals surface area contributed by atoms with Gasteiger partial charge in [0.2, 0.25) is 10.0 Å². The molecule has 1 aromatic rings. The molecule has 7 heteroatoms. The van der Waals surface area contributed by atoms with Gasteiger partial charge in [-0.05, 0) is 26.8 Å². The Bertz CT molecular complexity index is 597. The third kappa shape index (κ3) is 3.71. The molecule has 112 valence electrons. The molecule has 0 bridgehead atoms. The zero-order chi connectivity index (χ0) is 15.5. The third-order valence-corrected chi connectivity index (χ3v) is 4.82.